The lowest BCUT2D eigenvalue weighted by molar-refractivity contribution is -0.141. The van der Waals surface area contributed by atoms with E-state index in [0.717, 1.165) is 27.5 Å². The molecule has 13 heteroatoms. The molecule has 1 atom stereocenters. The van der Waals surface area contributed by atoms with Gasteiger partial charge in [-0.25, -0.2) is 13.4 Å². The van der Waals surface area contributed by atoms with Gasteiger partial charge >= 0.3 is 6.18 Å². The van der Waals surface area contributed by atoms with Crippen LogP contribution in [0, 0.1) is 5.92 Å². The number of alkyl halides is 3. The molecule has 2 aromatic carbocycles. The van der Waals surface area contributed by atoms with Gasteiger partial charge in [0.15, 0.2) is 5.03 Å². The summed E-state index contributed by atoms with van der Waals surface area (Å²) in [6, 6.07) is 11.5. The summed E-state index contributed by atoms with van der Waals surface area (Å²) < 4.78 is 71.7. The Morgan fingerprint density at radius 1 is 1.15 bits per heavy atom. The third-order valence-corrected chi connectivity index (χ3v) is 8.91. The van der Waals surface area contributed by atoms with Gasteiger partial charge in [-0.05, 0) is 49.6 Å². The average molecular weight is 577 g/mol. The number of hydrogen-bond acceptors (Lipinski definition) is 6. The van der Waals surface area contributed by atoms with E-state index in [9.17, 15) is 31.2 Å². The number of carbonyl (C=O) groups is 2. The zero-order valence-corrected chi connectivity index (χ0v) is 22.4. The zero-order chi connectivity index (χ0) is 28.7. The number of rotatable bonds is 8. The Balaban J connectivity index is 1.36. The highest BCUT2D eigenvalue weighted by Gasteiger charge is 2.37. The molecule has 0 aliphatic carbocycles. The highest BCUT2D eigenvalue weighted by atomic mass is 32.2. The van der Waals surface area contributed by atoms with Crippen molar-refractivity contribution < 1.29 is 35.9 Å². The molecule has 0 radical (unpaired) electrons. The number of piperidine rings is 1. The van der Waals surface area contributed by atoms with E-state index >= 15 is 0 Å². The molecule has 1 N–H and O–H groups in total. The highest BCUT2D eigenvalue weighted by Crippen LogP contribution is 2.41. The van der Waals surface area contributed by atoms with Crippen molar-refractivity contribution >= 4 is 44.0 Å². The number of pyridine rings is 1. The van der Waals surface area contributed by atoms with Gasteiger partial charge < -0.3 is 15.0 Å². The SMILES string of the molecule is COCCCN1C(=O)c2cccc3c(NC(=O)C4CCCN(S(=O)(=O)c5cccc(C(F)(F)F)n5)C4)ccc1c23. The molecule has 40 heavy (non-hydrogen) atoms. The molecule has 1 fully saturated rings. The first-order chi connectivity index (χ1) is 19.0. The second kappa shape index (κ2) is 10.8. The normalized spacial score (nSPS) is 17.9. The van der Waals surface area contributed by atoms with Crippen LogP contribution in [0.5, 0.6) is 0 Å². The van der Waals surface area contributed by atoms with E-state index in [1.54, 1.807) is 42.3 Å². The topological polar surface area (TPSA) is 109 Å². The quantitative estimate of drug-likeness (QED) is 0.401. The van der Waals surface area contributed by atoms with Gasteiger partial charge in [-0.2, -0.15) is 17.5 Å². The van der Waals surface area contributed by atoms with Crippen LogP contribution in [0.4, 0.5) is 24.5 Å². The predicted molar refractivity (Wildman–Crippen MR) is 141 cm³/mol. The minimum Gasteiger partial charge on any atom is -0.385 e. The number of benzene rings is 2. The summed E-state index contributed by atoms with van der Waals surface area (Å²) >= 11 is 0. The molecule has 2 aliphatic heterocycles. The fraction of sp³-hybridized carbons (Fsp3) is 0.370. The molecule has 212 valence electrons. The van der Waals surface area contributed by atoms with Crippen LogP contribution in [0.1, 0.15) is 35.3 Å². The Hall–Kier alpha value is -3.55. The summed E-state index contributed by atoms with van der Waals surface area (Å²) in [5, 5.41) is 3.58. The van der Waals surface area contributed by atoms with Crippen molar-refractivity contribution in [1.82, 2.24) is 9.29 Å². The third-order valence-electron chi connectivity index (χ3n) is 7.15. The molecular formula is C27H27F3N4O5S. The molecule has 1 saturated heterocycles. The second-order valence-electron chi connectivity index (χ2n) is 9.71. The Labute approximate surface area is 229 Å². The average Bonchev–Trinajstić information content (AvgIpc) is 3.22. The van der Waals surface area contributed by atoms with E-state index in [1.165, 1.54) is 0 Å². The molecule has 5 rings (SSSR count). The number of aromatic nitrogens is 1. The van der Waals surface area contributed by atoms with Crippen LogP contribution in [0.2, 0.25) is 0 Å². The second-order valence-corrected chi connectivity index (χ2v) is 11.6. The number of hydrogen-bond donors (Lipinski definition) is 1. The largest absolute Gasteiger partial charge is 0.433 e. The Morgan fingerprint density at radius 3 is 2.67 bits per heavy atom. The lowest BCUT2D eigenvalue weighted by Crippen LogP contribution is -2.44. The van der Waals surface area contributed by atoms with Crippen molar-refractivity contribution in [3.05, 3.63) is 59.8 Å². The Bertz CT molecular complexity index is 1580. The molecular weight excluding hydrogens is 549 g/mol. The molecule has 2 amide bonds. The minimum absolute atomic E-state index is 0.0616. The first kappa shape index (κ1) is 28.0. The summed E-state index contributed by atoms with van der Waals surface area (Å²) in [4.78, 5) is 31.4. The van der Waals surface area contributed by atoms with Crippen molar-refractivity contribution in [2.75, 3.05) is 43.6 Å². The Kier molecular flexibility index (Phi) is 7.55. The summed E-state index contributed by atoms with van der Waals surface area (Å²) in [6.45, 7) is 0.857. The number of ether oxygens (including phenoxy) is 1. The van der Waals surface area contributed by atoms with E-state index in [-0.39, 0.29) is 19.0 Å². The number of methoxy groups -OCH3 is 1. The Morgan fingerprint density at radius 2 is 1.93 bits per heavy atom. The summed E-state index contributed by atoms with van der Waals surface area (Å²) in [5.74, 6) is -1.28. The van der Waals surface area contributed by atoms with Gasteiger partial charge in [0.1, 0.15) is 5.69 Å². The van der Waals surface area contributed by atoms with E-state index in [2.05, 4.69) is 10.3 Å². The number of nitrogens with one attached hydrogen (secondary N) is 1. The molecule has 2 aliphatic rings. The first-order valence-corrected chi connectivity index (χ1v) is 14.2. The van der Waals surface area contributed by atoms with Crippen LogP contribution in [-0.4, -0.2) is 62.9 Å². The van der Waals surface area contributed by atoms with E-state index in [4.69, 9.17) is 4.74 Å². The lowest BCUT2D eigenvalue weighted by Gasteiger charge is -2.31. The molecule has 0 spiro atoms. The van der Waals surface area contributed by atoms with Gasteiger partial charge in [0.05, 0.1) is 11.6 Å². The van der Waals surface area contributed by atoms with Gasteiger partial charge in [-0.3, -0.25) is 9.59 Å². The standard InChI is InChI=1S/C27H27F3N4O5S/c1-39-15-5-14-34-21-12-11-20(18-7-2-8-19(24(18)21)26(34)36)31-25(35)17-6-4-13-33(16-17)40(37,38)23-10-3-9-22(32-23)27(28,29)30/h2-3,7-12,17H,4-6,13-16H2,1H3,(H,31,35). The van der Waals surface area contributed by atoms with E-state index in [0.29, 0.717) is 55.1 Å². The van der Waals surface area contributed by atoms with Crippen molar-refractivity contribution in [1.29, 1.82) is 0 Å². The third kappa shape index (κ3) is 5.16. The molecule has 3 heterocycles. The van der Waals surface area contributed by atoms with Gasteiger partial charge in [-0.15, -0.1) is 0 Å². The van der Waals surface area contributed by atoms with Gasteiger partial charge in [0, 0.05) is 55.4 Å². The predicted octanol–water partition coefficient (Wildman–Crippen LogP) is 4.29. The highest BCUT2D eigenvalue weighted by molar-refractivity contribution is 7.89. The molecule has 0 bridgehead atoms. The van der Waals surface area contributed by atoms with Crippen LogP contribution in [-0.2, 0) is 25.7 Å². The molecule has 0 saturated carbocycles. The van der Waals surface area contributed by atoms with Gasteiger partial charge in [0.2, 0.25) is 5.91 Å². The van der Waals surface area contributed by atoms with Crippen molar-refractivity contribution in [2.24, 2.45) is 5.92 Å². The molecule has 9 nitrogen and oxygen atoms in total. The molecule has 1 unspecified atom stereocenters. The molecule has 3 aromatic rings. The van der Waals surface area contributed by atoms with E-state index in [1.807, 2.05) is 0 Å². The monoisotopic (exact) mass is 576 g/mol. The van der Waals surface area contributed by atoms with Crippen LogP contribution >= 0.6 is 0 Å². The zero-order valence-electron chi connectivity index (χ0n) is 21.6. The van der Waals surface area contributed by atoms with Crippen LogP contribution in [0.25, 0.3) is 10.8 Å². The van der Waals surface area contributed by atoms with Gasteiger partial charge in [-0.1, -0.05) is 18.2 Å². The van der Waals surface area contributed by atoms with E-state index < -0.39 is 38.7 Å². The van der Waals surface area contributed by atoms with Crippen molar-refractivity contribution in [2.45, 2.75) is 30.5 Å². The maximum absolute atomic E-state index is 13.3. The number of amides is 2. The summed E-state index contributed by atoms with van der Waals surface area (Å²) in [5.41, 5.74) is 0.456. The maximum Gasteiger partial charge on any atom is 0.433 e. The number of carbonyl (C=O) groups excluding carboxylic acids is 2. The lowest BCUT2D eigenvalue weighted by atomic mass is 9.98. The maximum atomic E-state index is 13.3. The fourth-order valence-corrected chi connectivity index (χ4v) is 6.68. The van der Waals surface area contributed by atoms with Crippen LogP contribution in [0.15, 0.2) is 53.6 Å². The summed E-state index contributed by atoms with van der Waals surface area (Å²) in [7, 11) is -2.76. The number of sulfonamides is 1. The minimum atomic E-state index is -4.79. The van der Waals surface area contributed by atoms with Crippen LogP contribution in [0.3, 0.4) is 0 Å². The van der Waals surface area contributed by atoms with Crippen molar-refractivity contribution in [3.63, 3.8) is 0 Å². The number of anilines is 2. The van der Waals surface area contributed by atoms with Crippen molar-refractivity contribution in [3.8, 4) is 0 Å². The summed E-state index contributed by atoms with van der Waals surface area (Å²) in [6.07, 6.45) is -3.37. The van der Waals surface area contributed by atoms with Gasteiger partial charge in [0.25, 0.3) is 15.9 Å². The number of nitrogens with zero attached hydrogens (tertiary/aromatic N) is 3. The smallest absolute Gasteiger partial charge is 0.385 e. The fourth-order valence-electron chi connectivity index (χ4n) is 5.20. The first-order valence-electron chi connectivity index (χ1n) is 12.7. The number of halogens is 3. The molecule has 1 aromatic heterocycles. The van der Waals surface area contributed by atoms with Crippen LogP contribution < -0.4 is 10.2 Å².